The Balaban J connectivity index is 2.21. The summed E-state index contributed by atoms with van der Waals surface area (Å²) >= 11 is 0. The van der Waals surface area contributed by atoms with Crippen LogP contribution in [0.25, 0.3) is 0 Å². The summed E-state index contributed by atoms with van der Waals surface area (Å²) in [5, 5.41) is 2.64. The molecule has 1 saturated heterocycles. The number of rotatable bonds is 4. The fourth-order valence-corrected chi connectivity index (χ4v) is 2.73. The first-order valence-electron chi connectivity index (χ1n) is 7.97. The Morgan fingerprint density at radius 3 is 2.25 bits per heavy atom. The van der Waals surface area contributed by atoms with Gasteiger partial charge in [-0.05, 0) is 37.4 Å². The Bertz CT molecular complexity index is 622. The lowest BCUT2D eigenvalue weighted by molar-refractivity contribution is 0.0872. The molecule has 7 heteroatoms. The van der Waals surface area contributed by atoms with Crippen molar-refractivity contribution >= 4 is 5.91 Å². The summed E-state index contributed by atoms with van der Waals surface area (Å²) in [6, 6.07) is 0.0391. The summed E-state index contributed by atoms with van der Waals surface area (Å²) in [6.45, 7) is 8.12. The molecule has 0 aromatic heterocycles. The highest BCUT2D eigenvalue weighted by atomic mass is 19.2. The lowest BCUT2D eigenvalue weighted by atomic mass is 9.86. The topological polar surface area (TPSA) is 32.3 Å². The molecule has 1 amide bonds. The van der Waals surface area contributed by atoms with Crippen LogP contribution < -0.4 is 5.32 Å². The van der Waals surface area contributed by atoms with Gasteiger partial charge in [0.15, 0.2) is 23.3 Å². The van der Waals surface area contributed by atoms with E-state index in [1.807, 2.05) is 20.8 Å². The van der Waals surface area contributed by atoms with Crippen molar-refractivity contribution in [3.05, 3.63) is 34.9 Å². The van der Waals surface area contributed by atoms with Gasteiger partial charge < -0.3 is 10.2 Å². The van der Waals surface area contributed by atoms with Gasteiger partial charge in [0, 0.05) is 12.6 Å². The van der Waals surface area contributed by atoms with Crippen molar-refractivity contribution in [2.75, 3.05) is 19.6 Å². The van der Waals surface area contributed by atoms with Crippen LogP contribution in [0.15, 0.2) is 6.07 Å². The Labute approximate surface area is 139 Å². The second kappa shape index (κ2) is 7.09. The van der Waals surface area contributed by atoms with Gasteiger partial charge in [0.05, 0.1) is 5.56 Å². The van der Waals surface area contributed by atoms with Gasteiger partial charge in [0.1, 0.15) is 0 Å². The predicted octanol–water partition coefficient (Wildman–Crippen LogP) is 3.48. The maximum atomic E-state index is 13.8. The molecule has 0 saturated carbocycles. The molecule has 1 aliphatic heterocycles. The quantitative estimate of drug-likeness (QED) is 0.514. The van der Waals surface area contributed by atoms with Crippen molar-refractivity contribution in [1.82, 2.24) is 10.2 Å². The summed E-state index contributed by atoms with van der Waals surface area (Å²) in [6.07, 6.45) is 2.15. The van der Waals surface area contributed by atoms with Crippen LogP contribution in [0.3, 0.4) is 0 Å². The number of hydrogen-bond donors (Lipinski definition) is 1. The van der Waals surface area contributed by atoms with E-state index in [0.717, 1.165) is 25.9 Å². The summed E-state index contributed by atoms with van der Waals surface area (Å²) in [4.78, 5) is 14.5. The molecule has 1 aromatic rings. The van der Waals surface area contributed by atoms with Crippen LogP contribution in [-0.4, -0.2) is 36.5 Å². The monoisotopic (exact) mass is 346 g/mol. The normalized spacial score (nSPS) is 17.1. The van der Waals surface area contributed by atoms with Crippen LogP contribution in [0.4, 0.5) is 17.6 Å². The number of carbonyl (C=O) groups excluding carboxylic acids is 1. The molecule has 1 heterocycles. The second-order valence-electron chi connectivity index (χ2n) is 7.25. The molecule has 1 atom stereocenters. The van der Waals surface area contributed by atoms with Crippen molar-refractivity contribution in [3.63, 3.8) is 0 Å². The van der Waals surface area contributed by atoms with Gasteiger partial charge >= 0.3 is 0 Å². The fourth-order valence-electron chi connectivity index (χ4n) is 2.73. The summed E-state index contributed by atoms with van der Waals surface area (Å²) < 4.78 is 53.5. The first-order chi connectivity index (χ1) is 11.1. The number of likely N-dealkylation sites (tertiary alicyclic amines) is 1. The second-order valence-corrected chi connectivity index (χ2v) is 7.25. The highest BCUT2D eigenvalue weighted by Crippen LogP contribution is 2.24. The van der Waals surface area contributed by atoms with E-state index in [9.17, 15) is 22.4 Å². The molecule has 0 bridgehead atoms. The Hall–Kier alpha value is -1.63. The first kappa shape index (κ1) is 18.7. The van der Waals surface area contributed by atoms with Crippen molar-refractivity contribution in [2.45, 2.75) is 39.7 Å². The van der Waals surface area contributed by atoms with Crippen molar-refractivity contribution in [2.24, 2.45) is 5.41 Å². The van der Waals surface area contributed by atoms with E-state index >= 15 is 0 Å². The van der Waals surface area contributed by atoms with Gasteiger partial charge in [-0.3, -0.25) is 4.79 Å². The molecule has 24 heavy (non-hydrogen) atoms. The maximum absolute atomic E-state index is 13.8. The number of carbonyl (C=O) groups is 1. The van der Waals surface area contributed by atoms with Crippen LogP contribution in [0.2, 0.25) is 0 Å². The van der Waals surface area contributed by atoms with Crippen LogP contribution >= 0.6 is 0 Å². The third-order valence-corrected chi connectivity index (χ3v) is 4.34. The molecule has 1 aliphatic rings. The van der Waals surface area contributed by atoms with Crippen LogP contribution in [-0.2, 0) is 0 Å². The molecular weight excluding hydrogens is 324 g/mol. The first-order valence-corrected chi connectivity index (χ1v) is 7.97. The highest BCUT2D eigenvalue weighted by molar-refractivity contribution is 5.94. The molecule has 2 rings (SSSR count). The number of amides is 1. The zero-order valence-electron chi connectivity index (χ0n) is 14.1. The van der Waals surface area contributed by atoms with Gasteiger partial charge in [-0.15, -0.1) is 0 Å². The number of benzene rings is 1. The minimum absolute atomic E-state index is 0.341. The zero-order valence-corrected chi connectivity index (χ0v) is 14.1. The summed E-state index contributed by atoms with van der Waals surface area (Å²) in [5.41, 5.74) is -1.17. The lowest BCUT2D eigenvalue weighted by Gasteiger charge is -2.34. The van der Waals surface area contributed by atoms with Crippen molar-refractivity contribution < 1.29 is 22.4 Å². The molecular formula is C17H22F4N2O. The average Bonchev–Trinajstić information content (AvgIpc) is 3.00. The van der Waals surface area contributed by atoms with E-state index in [1.165, 1.54) is 0 Å². The predicted molar refractivity (Wildman–Crippen MR) is 82.7 cm³/mol. The molecule has 1 N–H and O–H groups in total. The largest absolute Gasteiger partial charge is 0.347 e. The highest BCUT2D eigenvalue weighted by Gasteiger charge is 2.31. The average molecular weight is 346 g/mol. The Morgan fingerprint density at radius 1 is 1.12 bits per heavy atom. The number of nitrogens with zero attached hydrogens (tertiary/aromatic N) is 1. The van der Waals surface area contributed by atoms with Crippen LogP contribution in [0.5, 0.6) is 0 Å². The van der Waals surface area contributed by atoms with Gasteiger partial charge in [0.2, 0.25) is 0 Å². The van der Waals surface area contributed by atoms with Crippen molar-refractivity contribution in [3.8, 4) is 0 Å². The SMILES string of the molecule is CC(C)(C)[C@@H](CN1CCCC1)NC(=O)c1cc(F)c(F)c(F)c1F. The minimum Gasteiger partial charge on any atom is -0.347 e. The molecule has 1 aromatic carbocycles. The number of hydrogen-bond acceptors (Lipinski definition) is 2. The van der Waals surface area contributed by atoms with Gasteiger partial charge in [0.25, 0.3) is 5.91 Å². The van der Waals surface area contributed by atoms with Crippen LogP contribution in [0, 0.1) is 28.7 Å². The summed E-state index contributed by atoms with van der Waals surface area (Å²) in [5.74, 6) is -8.13. The molecule has 0 aliphatic carbocycles. The van der Waals surface area contributed by atoms with Crippen molar-refractivity contribution in [1.29, 1.82) is 0 Å². The van der Waals surface area contributed by atoms with E-state index in [-0.39, 0.29) is 11.5 Å². The number of halogens is 4. The van der Waals surface area contributed by atoms with E-state index in [1.54, 1.807) is 0 Å². The van der Waals surface area contributed by atoms with E-state index < -0.39 is 34.7 Å². The fraction of sp³-hybridized carbons (Fsp3) is 0.588. The maximum Gasteiger partial charge on any atom is 0.254 e. The van der Waals surface area contributed by atoms with Crippen LogP contribution in [0.1, 0.15) is 44.0 Å². The van der Waals surface area contributed by atoms with Gasteiger partial charge in [-0.25, -0.2) is 17.6 Å². The lowest BCUT2D eigenvalue weighted by Crippen LogP contribution is -2.50. The smallest absolute Gasteiger partial charge is 0.254 e. The molecule has 134 valence electrons. The third-order valence-electron chi connectivity index (χ3n) is 4.34. The van der Waals surface area contributed by atoms with E-state index in [4.69, 9.17) is 0 Å². The Kier molecular flexibility index (Phi) is 5.52. The minimum atomic E-state index is -1.98. The molecule has 3 nitrogen and oxygen atoms in total. The standard InChI is InChI=1S/C17H22F4N2O/c1-17(2,3)12(9-23-6-4-5-7-23)22-16(24)10-8-11(18)14(20)15(21)13(10)19/h8,12H,4-7,9H2,1-3H3,(H,22,24)/t12-/m1/s1. The zero-order chi connectivity index (χ0) is 18.1. The number of nitrogens with one attached hydrogen (secondary N) is 1. The van der Waals surface area contributed by atoms with Gasteiger partial charge in [-0.1, -0.05) is 20.8 Å². The van der Waals surface area contributed by atoms with Gasteiger partial charge in [-0.2, -0.15) is 0 Å². The Morgan fingerprint density at radius 2 is 1.71 bits per heavy atom. The summed E-state index contributed by atoms with van der Waals surface area (Å²) in [7, 11) is 0. The molecule has 0 unspecified atom stereocenters. The third kappa shape index (κ3) is 4.06. The molecule has 0 spiro atoms. The molecule has 0 radical (unpaired) electrons. The van der Waals surface area contributed by atoms with E-state index in [2.05, 4.69) is 10.2 Å². The van der Waals surface area contributed by atoms with E-state index in [0.29, 0.717) is 12.6 Å². The molecule has 1 fully saturated rings.